The minimum atomic E-state index is -0.168. The predicted molar refractivity (Wildman–Crippen MR) is 86.9 cm³/mol. The first-order chi connectivity index (χ1) is 10.4. The standard InChI is InChI=1S/C19H26NO2/c1-13-10-16-8-6-7-9-20(16)19(4,5)17(13)12-18-21-14(2)11-15(3)22-18/h6-11,14,17-18H,12H2,1-5H3/q+1. The van der Waals surface area contributed by atoms with E-state index in [1.807, 2.05) is 13.0 Å². The third-order valence-electron chi connectivity index (χ3n) is 4.87. The Morgan fingerprint density at radius 3 is 2.73 bits per heavy atom. The zero-order valence-electron chi connectivity index (χ0n) is 14.2. The molecule has 3 heteroatoms. The molecule has 0 saturated carbocycles. The molecule has 0 N–H and O–H groups in total. The molecule has 0 saturated heterocycles. The summed E-state index contributed by atoms with van der Waals surface area (Å²) < 4.78 is 14.2. The second-order valence-corrected chi connectivity index (χ2v) is 6.99. The molecule has 22 heavy (non-hydrogen) atoms. The van der Waals surface area contributed by atoms with Crippen LogP contribution in [0.4, 0.5) is 0 Å². The number of aromatic nitrogens is 1. The number of allylic oxidation sites excluding steroid dienone is 2. The molecule has 2 aliphatic heterocycles. The van der Waals surface area contributed by atoms with E-state index in [-0.39, 0.29) is 17.9 Å². The summed E-state index contributed by atoms with van der Waals surface area (Å²) in [4.78, 5) is 0. The first-order valence-corrected chi connectivity index (χ1v) is 8.08. The van der Waals surface area contributed by atoms with Gasteiger partial charge in [0.25, 0.3) is 0 Å². The molecule has 2 aliphatic rings. The van der Waals surface area contributed by atoms with Gasteiger partial charge in [-0.15, -0.1) is 0 Å². The van der Waals surface area contributed by atoms with Gasteiger partial charge in [0.1, 0.15) is 0 Å². The highest BCUT2D eigenvalue weighted by molar-refractivity contribution is 5.48. The van der Waals surface area contributed by atoms with E-state index in [9.17, 15) is 0 Å². The second kappa shape index (κ2) is 5.54. The van der Waals surface area contributed by atoms with Crippen molar-refractivity contribution in [3.63, 3.8) is 0 Å². The Labute approximate surface area is 133 Å². The van der Waals surface area contributed by atoms with E-state index in [2.05, 4.69) is 62.7 Å². The van der Waals surface area contributed by atoms with Crippen LogP contribution in [0.5, 0.6) is 0 Å². The third-order valence-corrected chi connectivity index (χ3v) is 4.87. The van der Waals surface area contributed by atoms with Crippen molar-refractivity contribution in [2.24, 2.45) is 5.92 Å². The van der Waals surface area contributed by atoms with Crippen molar-refractivity contribution in [3.05, 3.63) is 47.5 Å². The molecule has 0 radical (unpaired) electrons. The minimum Gasteiger partial charge on any atom is -0.470 e. The van der Waals surface area contributed by atoms with Crippen LogP contribution in [0.2, 0.25) is 0 Å². The fourth-order valence-corrected chi connectivity index (χ4v) is 3.81. The van der Waals surface area contributed by atoms with Crippen molar-refractivity contribution >= 4 is 6.08 Å². The van der Waals surface area contributed by atoms with E-state index in [0.29, 0.717) is 5.92 Å². The van der Waals surface area contributed by atoms with Crippen molar-refractivity contribution in [1.29, 1.82) is 0 Å². The summed E-state index contributed by atoms with van der Waals surface area (Å²) in [5.74, 6) is 1.35. The molecule has 1 aromatic rings. The molecule has 0 aromatic carbocycles. The summed E-state index contributed by atoms with van der Waals surface area (Å²) >= 11 is 0. The molecule has 0 amide bonds. The predicted octanol–water partition coefficient (Wildman–Crippen LogP) is 3.80. The highest BCUT2D eigenvalue weighted by Crippen LogP contribution is 2.37. The summed E-state index contributed by atoms with van der Waals surface area (Å²) in [6, 6.07) is 6.36. The summed E-state index contributed by atoms with van der Waals surface area (Å²) in [5, 5.41) is 0. The van der Waals surface area contributed by atoms with Gasteiger partial charge < -0.3 is 9.47 Å². The highest BCUT2D eigenvalue weighted by Gasteiger charge is 2.45. The smallest absolute Gasteiger partial charge is 0.205 e. The SMILES string of the molecule is CC1=CC(C)OC(CC2C(C)=Cc3cccc[n+]3C2(C)C)O1. The van der Waals surface area contributed by atoms with E-state index >= 15 is 0 Å². The lowest BCUT2D eigenvalue weighted by molar-refractivity contribution is -0.768. The lowest BCUT2D eigenvalue weighted by atomic mass is 9.76. The number of ether oxygens (including phenoxy) is 2. The largest absolute Gasteiger partial charge is 0.470 e. The summed E-state index contributed by atoms with van der Waals surface area (Å²) in [6.45, 7) is 10.9. The Kier molecular flexibility index (Phi) is 3.85. The van der Waals surface area contributed by atoms with Crippen LogP contribution in [0.15, 0.2) is 41.8 Å². The van der Waals surface area contributed by atoms with E-state index in [4.69, 9.17) is 9.47 Å². The van der Waals surface area contributed by atoms with Gasteiger partial charge in [-0.3, -0.25) is 0 Å². The zero-order chi connectivity index (χ0) is 15.9. The van der Waals surface area contributed by atoms with Gasteiger partial charge in [0.05, 0.1) is 17.8 Å². The quantitative estimate of drug-likeness (QED) is 0.775. The van der Waals surface area contributed by atoms with Gasteiger partial charge in [-0.25, -0.2) is 0 Å². The van der Waals surface area contributed by atoms with E-state index < -0.39 is 0 Å². The average molecular weight is 300 g/mol. The number of hydrogen-bond acceptors (Lipinski definition) is 2. The number of pyridine rings is 1. The van der Waals surface area contributed by atoms with Crippen LogP contribution in [0.25, 0.3) is 6.08 Å². The Bertz CT molecular complexity index is 630. The maximum Gasteiger partial charge on any atom is 0.205 e. The first-order valence-electron chi connectivity index (χ1n) is 8.08. The van der Waals surface area contributed by atoms with Crippen molar-refractivity contribution in [3.8, 4) is 0 Å². The highest BCUT2D eigenvalue weighted by atomic mass is 16.7. The van der Waals surface area contributed by atoms with E-state index in [1.165, 1.54) is 11.3 Å². The summed E-state index contributed by atoms with van der Waals surface area (Å²) in [5.41, 5.74) is 2.65. The fraction of sp³-hybridized carbons (Fsp3) is 0.526. The summed E-state index contributed by atoms with van der Waals surface area (Å²) in [6.07, 6.45) is 7.29. The number of hydrogen-bond donors (Lipinski definition) is 0. The summed E-state index contributed by atoms with van der Waals surface area (Å²) in [7, 11) is 0. The third kappa shape index (κ3) is 2.70. The van der Waals surface area contributed by atoms with Gasteiger partial charge in [0.2, 0.25) is 12.0 Å². The molecule has 3 unspecified atom stereocenters. The van der Waals surface area contributed by atoms with Crippen molar-refractivity contribution in [2.45, 2.75) is 59.0 Å². The van der Waals surface area contributed by atoms with Crippen molar-refractivity contribution < 1.29 is 14.0 Å². The molecule has 0 aliphatic carbocycles. The van der Waals surface area contributed by atoms with E-state index in [1.54, 1.807) is 0 Å². The van der Waals surface area contributed by atoms with Crippen molar-refractivity contribution in [1.82, 2.24) is 0 Å². The molecule has 118 valence electrons. The number of rotatable bonds is 2. The van der Waals surface area contributed by atoms with Crippen molar-refractivity contribution in [2.75, 3.05) is 0 Å². The van der Waals surface area contributed by atoms with Crippen LogP contribution in [0.1, 0.15) is 46.7 Å². The molecule has 3 heterocycles. The maximum atomic E-state index is 5.95. The lowest BCUT2D eigenvalue weighted by Gasteiger charge is -2.37. The second-order valence-electron chi connectivity index (χ2n) is 6.99. The molecule has 1 aromatic heterocycles. The molecule has 3 nitrogen and oxygen atoms in total. The Hall–Kier alpha value is -1.61. The average Bonchev–Trinajstić information content (AvgIpc) is 2.42. The van der Waals surface area contributed by atoms with E-state index in [0.717, 1.165) is 12.2 Å². The number of fused-ring (bicyclic) bond motifs is 1. The van der Waals surface area contributed by atoms with Gasteiger partial charge in [-0.05, 0) is 32.9 Å². The Balaban J connectivity index is 1.87. The molecule has 3 rings (SSSR count). The normalized spacial score (nSPS) is 30.0. The van der Waals surface area contributed by atoms with Gasteiger partial charge in [-0.1, -0.05) is 5.57 Å². The van der Waals surface area contributed by atoms with Crippen LogP contribution in [0, 0.1) is 5.92 Å². The van der Waals surface area contributed by atoms with Gasteiger partial charge in [0.15, 0.2) is 11.7 Å². The van der Waals surface area contributed by atoms with Crippen LogP contribution in [-0.4, -0.2) is 12.4 Å². The van der Waals surface area contributed by atoms with Gasteiger partial charge >= 0.3 is 0 Å². The van der Waals surface area contributed by atoms with Crippen LogP contribution in [0.3, 0.4) is 0 Å². The fourth-order valence-electron chi connectivity index (χ4n) is 3.81. The Morgan fingerprint density at radius 1 is 1.23 bits per heavy atom. The van der Waals surface area contributed by atoms with Gasteiger partial charge in [-0.2, -0.15) is 4.57 Å². The first kappa shape index (κ1) is 15.3. The van der Waals surface area contributed by atoms with Crippen LogP contribution >= 0.6 is 0 Å². The topological polar surface area (TPSA) is 22.3 Å². The molecule has 3 atom stereocenters. The molecular formula is C19H26NO2+. The van der Waals surface area contributed by atoms with Crippen LogP contribution in [-0.2, 0) is 15.0 Å². The maximum absolute atomic E-state index is 5.95. The molecular weight excluding hydrogens is 274 g/mol. The van der Waals surface area contributed by atoms with Crippen LogP contribution < -0.4 is 4.57 Å². The molecule has 0 bridgehead atoms. The molecule has 0 fully saturated rings. The molecule has 0 spiro atoms. The number of nitrogens with zero attached hydrogens (tertiary/aromatic N) is 1. The Morgan fingerprint density at radius 2 is 2.00 bits per heavy atom. The zero-order valence-corrected chi connectivity index (χ0v) is 14.2. The van der Waals surface area contributed by atoms with Gasteiger partial charge in [0, 0.05) is 38.5 Å². The minimum absolute atomic E-state index is 0.000447. The lowest BCUT2D eigenvalue weighted by Crippen LogP contribution is -2.60. The monoisotopic (exact) mass is 300 g/mol.